The number of carbonyl (C=O) groups is 3. The van der Waals surface area contributed by atoms with E-state index in [1.54, 1.807) is 26.1 Å². The lowest BCUT2D eigenvalue weighted by molar-refractivity contribution is -0.134. The van der Waals surface area contributed by atoms with Gasteiger partial charge in [0.2, 0.25) is 0 Å². The molecule has 124 valence electrons. The van der Waals surface area contributed by atoms with Gasteiger partial charge in [0.15, 0.2) is 5.78 Å². The number of benzene rings is 1. The van der Waals surface area contributed by atoms with Crippen LogP contribution in [0, 0.1) is 5.92 Å². The fourth-order valence-corrected chi connectivity index (χ4v) is 2.88. The van der Waals surface area contributed by atoms with Crippen LogP contribution < -0.4 is 0 Å². The lowest BCUT2D eigenvalue weighted by atomic mass is 9.84. The first-order chi connectivity index (χ1) is 10.7. The summed E-state index contributed by atoms with van der Waals surface area (Å²) in [5.41, 5.74) is -0.671. The van der Waals surface area contributed by atoms with Gasteiger partial charge < -0.3 is 10.0 Å². The molecule has 2 atom stereocenters. The zero-order valence-corrected chi connectivity index (χ0v) is 13.9. The van der Waals surface area contributed by atoms with Crippen LogP contribution in [0.15, 0.2) is 24.3 Å². The molecule has 0 bridgehead atoms. The van der Waals surface area contributed by atoms with Gasteiger partial charge >= 0.3 is 6.03 Å². The Morgan fingerprint density at radius 1 is 1.35 bits per heavy atom. The van der Waals surface area contributed by atoms with Crippen LogP contribution in [-0.4, -0.2) is 51.8 Å². The molecule has 0 saturated carbocycles. The molecule has 0 aromatic heterocycles. The molecule has 1 heterocycles. The second-order valence-electron chi connectivity index (χ2n) is 6.16. The lowest BCUT2D eigenvalue weighted by Crippen LogP contribution is -2.50. The SMILES string of the molecule is CCC(C)C1(C)C(=O)N(CC(=O)c2cccc(O)c2)C(=O)N1C. The first-order valence-electron chi connectivity index (χ1n) is 7.65. The molecule has 2 unspecified atom stereocenters. The van der Waals surface area contributed by atoms with Crippen molar-refractivity contribution in [2.75, 3.05) is 13.6 Å². The summed E-state index contributed by atoms with van der Waals surface area (Å²) < 4.78 is 0. The van der Waals surface area contributed by atoms with Crippen LogP contribution in [0.25, 0.3) is 0 Å². The lowest BCUT2D eigenvalue weighted by Gasteiger charge is -2.33. The van der Waals surface area contributed by atoms with Crippen LogP contribution in [0.5, 0.6) is 5.75 Å². The fourth-order valence-electron chi connectivity index (χ4n) is 2.88. The van der Waals surface area contributed by atoms with Crippen molar-refractivity contribution < 1.29 is 19.5 Å². The molecule has 1 aromatic rings. The summed E-state index contributed by atoms with van der Waals surface area (Å²) in [5, 5.41) is 9.45. The van der Waals surface area contributed by atoms with Crippen molar-refractivity contribution in [1.29, 1.82) is 0 Å². The number of phenolic OH excluding ortho intramolecular Hbond substituents is 1. The van der Waals surface area contributed by atoms with Crippen LogP contribution >= 0.6 is 0 Å². The third kappa shape index (κ3) is 2.69. The van der Waals surface area contributed by atoms with E-state index in [9.17, 15) is 19.5 Å². The van der Waals surface area contributed by atoms with Crippen LogP contribution in [0.1, 0.15) is 37.6 Å². The van der Waals surface area contributed by atoms with Crippen LogP contribution in [0.3, 0.4) is 0 Å². The number of hydrogen-bond donors (Lipinski definition) is 1. The van der Waals surface area contributed by atoms with Gasteiger partial charge in [-0.25, -0.2) is 4.79 Å². The van der Waals surface area contributed by atoms with Crippen LogP contribution in [0.4, 0.5) is 4.79 Å². The molecule has 1 aliphatic heterocycles. The number of imide groups is 1. The summed E-state index contributed by atoms with van der Waals surface area (Å²) in [6.07, 6.45) is 0.744. The number of nitrogens with zero attached hydrogens (tertiary/aromatic N) is 2. The van der Waals surface area contributed by atoms with E-state index < -0.39 is 11.6 Å². The molecule has 6 heteroatoms. The van der Waals surface area contributed by atoms with Crippen molar-refractivity contribution in [1.82, 2.24) is 9.80 Å². The Labute approximate surface area is 135 Å². The maximum Gasteiger partial charge on any atom is 0.327 e. The van der Waals surface area contributed by atoms with Gasteiger partial charge in [-0.3, -0.25) is 14.5 Å². The highest BCUT2D eigenvalue weighted by Gasteiger charge is 2.55. The van der Waals surface area contributed by atoms with E-state index in [1.807, 2.05) is 13.8 Å². The van der Waals surface area contributed by atoms with Gasteiger partial charge in [0.05, 0.1) is 6.54 Å². The van der Waals surface area contributed by atoms with Gasteiger partial charge in [-0.15, -0.1) is 0 Å². The fraction of sp³-hybridized carbons (Fsp3) is 0.471. The van der Waals surface area contributed by atoms with E-state index >= 15 is 0 Å². The zero-order valence-electron chi connectivity index (χ0n) is 13.9. The average Bonchev–Trinajstić information content (AvgIpc) is 2.70. The van der Waals surface area contributed by atoms with Crippen molar-refractivity contribution in [3.05, 3.63) is 29.8 Å². The van der Waals surface area contributed by atoms with Gasteiger partial charge in [-0.1, -0.05) is 32.4 Å². The molecule has 3 amide bonds. The van der Waals surface area contributed by atoms with Gasteiger partial charge in [-0.05, 0) is 25.0 Å². The number of ketones is 1. The van der Waals surface area contributed by atoms with E-state index in [0.29, 0.717) is 0 Å². The Morgan fingerprint density at radius 3 is 2.57 bits per heavy atom. The molecule has 0 aliphatic carbocycles. The second-order valence-corrected chi connectivity index (χ2v) is 6.16. The molecular formula is C17H22N2O4. The quantitative estimate of drug-likeness (QED) is 0.667. The van der Waals surface area contributed by atoms with Crippen LogP contribution in [-0.2, 0) is 4.79 Å². The highest BCUT2D eigenvalue weighted by atomic mass is 16.3. The Balaban J connectivity index is 2.25. The van der Waals surface area contributed by atoms with Gasteiger partial charge in [0.25, 0.3) is 5.91 Å². The zero-order chi connectivity index (χ0) is 17.4. The first-order valence-corrected chi connectivity index (χ1v) is 7.65. The number of amides is 3. The smallest absolute Gasteiger partial charge is 0.327 e. The van der Waals surface area contributed by atoms with Gasteiger partial charge in [0, 0.05) is 12.6 Å². The van der Waals surface area contributed by atoms with Crippen molar-refractivity contribution >= 4 is 17.7 Å². The molecule has 1 saturated heterocycles. The molecule has 1 aromatic carbocycles. The largest absolute Gasteiger partial charge is 0.508 e. The Morgan fingerprint density at radius 2 is 2.00 bits per heavy atom. The maximum atomic E-state index is 12.7. The van der Waals surface area contributed by atoms with Crippen LogP contribution in [0.2, 0.25) is 0 Å². The normalized spacial score (nSPS) is 22.6. The third-order valence-electron chi connectivity index (χ3n) is 4.93. The minimum Gasteiger partial charge on any atom is -0.508 e. The maximum absolute atomic E-state index is 12.7. The standard InChI is InChI=1S/C17H22N2O4/c1-5-11(2)17(3)15(22)19(16(23)18(17)4)10-14(21)12-7-6-8-13(20)9-12/h6-9,11,20H,5,10H2,1-4H3. The number of rotatable bonds is 5. The third-order valence-corrected chi connectivity index (χ3v) is 4.93. The Kier molecular flexibility index (Phi) is 4.45. The monoisotopic (exact) mass is 318 g/mol. The van der Waals surface area contributed by atoms with E-state index in [4.69, 9.17) is 0 Å². The molecule has 1 N–H and O–H groups in total. The predicted octanol–water partition coefficient (Wildman–Crippen LogP) is 2.27. The van der Waals surface area contributed by atoms with E-state index in [0.717, 1.165) is 11.3 Å². The van der Waals surface area contributed by atoms with E-state index in [-0.39, 0.29) is 35.5 Å². The predicted molar refractivity (Wildman–Crippen MR) is 85.2 cm³/mol. The van der Waals surface area contributed by atoms with E-state index in [2.05, 4.69) is 0 Å². The summed E-state index contributed by atoms with van der Waals surface area (Å²) in [4.78, 5) is 39.9. The van der Waals surface area contributed by atoms with Crippen molar-refractivity contribution in [2.24, 2.45) is 5.92 Å². The number of urea groups is 1. The highest BCUT2D eigenvalue weighted by Crippen LogP contribution is 2.34. The Bertz CT molecular complexity index is 658. The number of aromatic hydroxyl groups is 1. The molecule has 1 aliphatic rings. The second kappa shape index (κ2) is 6.02. The first kappa shape index (κ1) is 17.0. The number of hydrogen-bond acceptors (Lipinski definition) is 4. The highest BCUT2D eigenvalue weighted by molar-refractivity contribution is 6.11. The Hall–Kier alpha value is -2.37. The summed E-state index contributed by atoms with van der Waals surface area (Å²) in [7, 11) is 1.59. The van der Waals surface area contributed by atoms with Crippen molar-refractivity contribution in [3.8, 4) is 5.75 Å². The summed E-state index contributed by atoms with van der Waals surface area (Å²) in [6.45, 7) is 5.29. The molecule has 23 heavy (non-hydrogen) atoms. The number of carbonyl (C=O) groups excluding carboxylic acids is 3. The topological polar surface area (TPSA) is 77.9 Å². The molecule has 0 spiro atoms. The molecule has 0 radical (unpaired) electrons. The van der Waals surface area contributed by atoms with E-state index in [1.165, 1.54) is 17.0 Å². The minimum atomic E-state index is -0.940. The summed E-state index contributed by atoms with van der Waals surface area (Å²) >= 11 is 0. The number of phenols is 1. The number of Topliss-reactive ketones (excluding diaryl/α,β-unsaturated/α-hetero) is 1. The van der Waals surface area contributed by atoms with Gasteiger partial charge in [0.1, 0.15) is 11.3 Å². The summed E-state index contributed by atoms with van der Waals surface area (Å²) in [6, 6.07) is 5.41. The minimum absolute atomic E-state index is 0.0233. The number of likely N-dealkylation sites (N-methyl/N-ethyl adjacent to an activating group) is 1. The molecule has 2 rings (SSSR count). The molecule has 6 nitrogen and oxygen atoms in total. The van der Waals surface area contributed by atoms with Gasteiger partial charge in [-0.2, -0.15) is 0 Å². The van der Waals surface area contributed by atoms with Crippen molar-refractivity contribution in [3.63, 3.8) is 0 Å². The molecule has 1 fully saturated rings. The van der Waals surface area contributed by atoms with Crippen molar-refractivity contribution in [2.45, 2.75) is 32.7 Å². The molecular weight excluding hydrogens is 296 g/mol. The average molecular weight is 318 g/mol. The summed E-state index contributed by atoms with van der Waals surface area (Å²) in [5.74, 6) is -0.793.